The van der Waals surface area contributed by atoms with E-state index in [0.29, 0.717) is 12.5 Å². The predicted molar refractivity (Wildman–Crippen MR) is 72.4 cm³/mol. The molecule has 0 unspecified atom stereocenters. The summed E-state index contributed by atoms with van der Waals surface area (Å²) in [5, 5.41) is 0.929. The number of aryl methyl sites for hydroxylation is 1. The molecule has 1 amide bonds. The summed E-state index contributed by atoms with van der Waals surface area (Å²) in [5.74, 6) is 0.621. The van der Waals surface area contributed by atoms with Crippen LogP contribution in [0.15, 0.2) is 6.20 Å². The Bertz CT molecular complexity index is 403. The Morgan fingerprint density at radius 2 is 2.33 bits per heavy atom. The number of nitrogens with zero attached hydrogens (tertiary/aromatic N) is 2. The fourth-order valence-corrected chi connectivity index (χ4v) is 2.89. The molecule has 0 aliphatic carbocycles. The molecule has 2 heterocycles. The second-order valence-corrected chi connectivity index (χ2v) is 5.91. The highest BCUT2D eigenvalue weighted by Gasteiger charge is 2.24. The number of alkyl halides is 1. The van der Waals surface area contributed by atoms with Gasteiger partial charge in [0.1, 0.15) is 4.88 Å². The summed E-state index contributed by atoms with van der Waals surface area (Å²) >= 11 is 7.04. The third-order valence-corrected chi connectivity index (χ3v) is 4.05. The lowest BCUT2D eigenvalue weighted by molar-refractivity contribution is 0.0155. The molecule has 0 radical (unpaired) electrons. The van der Waals surface area contributed by atoms with Crippen molar-refractivity contribution in [3.8, 4) is 0 Å². The number of likely N-dealkylation sites (tertiary alicyclic amines) is 1. The lowest BCUT2D eigenvalue weighted by Gasteiger charge is -2.31. The Balaban J connectivity index is 1.84. The van der Waals surface area contributed by atoms with Crippen molar-refractivity contribution in [1.29, 1.82) is 0 Å². The molecule has 0 bridgehead atoms. The Labute approximate surface area is 116 Å². The molecule has 1 aromatic rings. The first kappa shape index (κ1) is 13.8. The number of piperidine rings is 1. The quantitative estimate of drug-likeness (QED) is 0.799. The van der Waals surface area contributed by atoms with E-state index in [0.717, 1.165) is 35.8 Å². The molecule has 100 valence electrons. The van der Waals surface area contributed by atoms with Crippen LogP contribution in [0.5, 0.6) is 0 Å². The van der Waals surface area contributed by atoms with E-state index in [1.54, 1.807) is 6.20 Å². The van der Waals surface area contributed by atoms with E-state index in [2.05, 4.69) is 4.98 Å². The van der Waals surface area contributed by atoms with Crippen LogP contribution in [0.4, 0.5) is 0 Å². The summed E-state index contributed by atoms with van der Waals surface area (Å²) in [5.41, 5.74) is 0. The van der Waals surface area contributed by atoms with E-state index in [4.69, 9.17) is 16.3 Å². The van der Waals surface area contributed by atoms with Gasteiger partial charge in [0.2, 0.25) is 0 Å². The van der Waals surface area contributed by atoms with Crippen molar-refractivity contribution in [2.24, 2.45) is 0 Å². The van der Waals surface area contributed by atoms with Crippen LogP contribution in [0.25, 0.3) is 0 Å². The van der Waals surface area contributed by atoms with Crippen LogP contribution in [-0.2, 0) is 4.74 Å². The largest absolute Gasteiger partial charge is 0.377 e. The Hall–Kier alpha value is -0.650. The van der Waals surface area contributed by atoms with Gasteiger partial charge < -0.3 is 9.64 Å². The van der Waals surface area contributed by atoms with Gasteiger partial charge in [0.05, 0.1) is 23.9 Å². The van der Waals surface area contributed by atoms with Gasteiger partial charge in [-0.25, -0.2) is 4.98 Å². The minimum atomic E-state index is 0.0939. The highest BCUT2D eigenvalue weighted by molar-refractivity contribution is 7.13. The molecule has 1 saturated heterocycles. The molecule has 1 fully saturated rings. The molecule has 1 aliphatic heterocycles. The first-order valence-corrected chi connectivity index (χ1v) is 7.45. The van der Waals surface area contributed by atoms with Crippen LogP contribution < -0.4 is 0 Å². The molecular formula is C12H17ClN2O2S. The number of aromatic nitrogens is 1. The van der Waals surface area contributed by atoms with Gasteiger partial charge in [0, 0.05) is 19.0 Å². The van der Waals surface area contributed by atoms with Gasteiger partial charge in [0.25, 0.3) is 5.91 Å². The van der Waals surface area contributed by atoms with Crippen LogP contribution in [0, 0.1) is 6.92 Å². The minimum absolute atomic E-state index is 0.0939. The first-order valence-electron chi connectivity index (χ1n) is 6.10. The molecule has 2 rings (SSSR count). The summed E-state index contributed by atoms with van der Waals surface area (Å²) in [6.07, 6.45) is 3.69. The number of carbonyl (C=O) groups excluding carboxylic acids is 1. The standard InChI is InChI=1S/C12H17ClN2O2S/c1-9-14-8-11(18-9)12(16)15-5-2-10(3-6-15)17-7-4-13/h8,10H,2-7H2,1H3. The maximum atomic E-state index is 12.2. The molecular weight excluding hydrogens is 272 g/mol. The molecule has 0 N–H and O–H groups in total. The monoisotopic (exact) mass is 288 g/mol. The molecule has 18 heavy (non-hydrogen) atoms. The van der Waals surface area contributed by atoms with Gasteiger partial charge in [-0.3, -0.25) is 4.79 Å². The molecule has 0 saturated carbocycles. The summed E-state index contributed by atoms with van der Waals surface area (Å²) in [6.45, 7) is 4.01. The molecule has 6 heteroatoms. The second-order valence-electron chi connectivity index (χ2n) is 4.29. The number of hydrogen-bond acceptors (Lipinski definition) is 4. The molecule has 0 aromatic carbocycles. The van der Waals surface area contributed by atoms with Crippen LogP contribution in [0.2, 0.25) is 0 Å². The molecule has 0 atom stereocenters. The summed E-state index contributed by atoms with van der Waals surface area (Å²) in [6, 6.07) is 0. The van der Waals surface area contributed by atoms with Gasteiger partial charge in [0.15, 0.2) is 0 Å². The maximum absolute atomic E-state index is 12.2. The predicted octanol–water partition coefficient (Wildman–Crippen LogP) is 2.31. The SMILES string of the molecule is Cc1ncc(C(=O)N2CCC(OCCCl)CC2)s1. The molecule has 0 spiro atoms. The number of thiazole rings is 1. The topological polar surface area (TPSA) is 42.4 Å². The van der Waals surface area contributed by atoms with Crippen LogP contribution in [0.1, 0.15) is 27.5 Å². The van der Waals surface area contributed by atoms with Crippen molar-refractivity contribution in [3.63, 3.8) is 0 Å². The highest BCUT2D eigenvalue weighted by Crippen LogP contribution is 2.19. The zero-order valence-electron chi connectivity index (χ0n) is 10.4. The van der Waals surface area contributed by atoms with E-state index < -0.39 is 0 Å². The highest BCUT2D eigenvalue weighted by atomic mass is 35.5. The fourth-order valence-electron chi connectivity index (χ4n) is 2.05. The van der Waals surface area contributed by atoms with Crippen molar-refractivity contribution in [3.05, 3.63) is 16.1 Å². The van der Waals surface area contributed by atoms with Crippen LogP contribution in [-0.4, -0.2) is 47.5 Å². The summed E-state index contributed by atoms with van der Waals surface area (Å²) in [4.78, 5) is 18.9. The zero-order valence-corrected chi connectivity index (χ0v) is 12.0. The average molecular weight is 289 g/mol. The van der Waals surface area contributed by atoms with Crippen molar-refractivity contribution in [2.45, 2.75) is 25.9 Å². The summed E-state index contributed by atoms with van der Waals surface area (Å²) in [7, 11) is 0. The molecule has 1 aliphatic rings. The summed E-state index contributed by atoms with van der Waals surface area (Å²) < 4.78 is 5.59. The van der Waals surface area contributed by atoms with Gasteiger partial charge in [-0.1, -0.05) is 0 Å². The fraction of sp³-hybridized carbons (Fsp3) is 0.667. The lowest BCUT2D eigenvalue weighted by Crippen LogP contribution is -2.40. The Morgan fingerprint density at radius 3 is 2.89 bits per heavy atom. The Kier molecular flexibility index (Phi) is 4.97. The number of rotatable bonds is 4. The average Bonchev–Trinajstić information content (AvgIpc) is 2.83. The number of hydrogen-bond donors (Lipinski definition) is 0. The normalized spacial score (nSPS) is 17.1. The second kappa shape index (κ2) is 6.50. The zero-order chi connectivity index (χ0) is 13.0. The Morgan fingerprint density at radius 1 is 1.61 bits per heavy atom. The van der Waals surface area contributed by atoms with Gasteiger partial charge in [-0.2, -0.15) is 0 Å². The smallest absolute Gasteiger partial charge is 0.265 e. The maximum Gasteiger partial charge on any atom is 0.265 e. The van der Waals surface area contributed by atoms with E-state index in [1.807, 2.05) is 11.8 Å². The van der Waals surface area contributed by atoms with Crippen LogP contribution >= 0.6 is 22.9 Å². The number of carbonyl (C=O) groups is 1. The van der Waals surface area contributed by atoms with E-state index in [-0.39, 0.29) is 12.0 Å². The van der Waals surface area contributed by atoms with Gasteiger partial charge in [-0.05, 0) is 19.8 Å². The molecule has 4 nitrogen and oxygen atoms in total. The third-order valence-electron chi connectivity index (χ3n) is 2.99. The van der Waals surface area contributed by atoms with Gasteiger partial charge >= 0.3 is 0 Å². The minimum Gasteiger partial charge on any atom is -0.377 e. The number of halogens is 1. The van der Waals surface area contributed by atoms with Crippen molar-refractivity contribution < 1.29 is 9.53 Å². The van der Waals surface area contributed by atoms with Gasteiger partial charge in [-0.15, -0.1) is 22.9 Å². The first-order chi connectivity index (χ1) is 8.70. The van der Waals surface area contributed by atoms with Crippen molar-refractivity contribution in [1.82, 2.24) is 9.88 Å². The number of amides is 1. The number of ether oxygens (including phenoxy) is 1. The lowest BCUT2D eigenvalue weighted by atomic mass is 10.1. The van der Waals surface area contributed by atoms with E-state index in [1.165, 1.54) is 11.3 Å². The van der Waals surface area contributed by atoms with Crippen LogP contribution in [0.3, 0.4) is 0 Å². The van der Waals surface area contributed by atoms with Crippen molar-refractivity contribution in [2.75, 3.05) is 25.6 Å². The van der Waals surface area contributed by atoms with Crippen molar-refractivity contribution >= 4 is 28.8 Å². The van der Waals surface area contributed by atoms with E-state index >= 15 is 0 Å². The molecule has 1 aromatic heterocycles. The third kappa shape index (κ3) is 3.43. The van der Waals surface area contributed by atoms with E-state index in [9.17, 15) is 4.79 Å².